The summed E-state index contributed by atoms with van der Waals surface area (Å²) >= 11 is 0. The number of rotatable bonds is 8. The monoisotopic (exact) mass is 472 g/mol. The highest BCUT2D eigenvalue weighted by Crippen LogP contribution is 2.46. The predicted octanol–water partition coefficient (Wildman–Crippen LogP) is 3.05. The molecule has 3 aromatic rings. The molecular formula is C27H24N2O6. The second-order valence-corrected chi connectivity index (χ2v) is 8.72. The number of carboxylic acids is 1. The second kappa shape index (κ2) is 9.32. The molecule has 178 valence electrons. The number of imide groups is 1. The van der Waals surface area contributed by atoms with Crippen molar-refractivity contribution in [1.82, 2.24) is 10.6 Å². The van der Waals surface area contributed by atoms with E-state index in [-0.39, 0.29) is 13.2 Å². The minimum atomic E-state index is -1.75. The van der Waals surface area contributed by atoms with E-state index >= 15 is 0 Å². The van der Waals surface area contributed by atoms with Crippen LogP contribution in [0.3, 0.4) is 0 Å². The maximum absolute atomic E-state index is 12.7. The van der Waals surface area contributed by atoms with E-state index < -0.39 is 41.2 Å². The van der Waals surface area contributed by atoms with E-state index in [9.17, 15) is 19.5 Å². The van der Waals surface area contributed by atoms with Crippen molar-refractivity contribution in [2.75, 3.05) is 6.61 Å². The average molecular weight is 472 g/mol. The fourth-order valence-electron chi connectivity index (χ4n) is 4.88. The number of nitrogens with one attached hydrogen (secondary N) is 2. The SMILES string of the molecule is O=C1NC(=O)C2C1C(c1ccc(Oc3ccccc3)cc1)NC2(COCc1ccccc1)C(=O)O. The van der Waals surface area contributed by atoms with Gasteiger partial charge in [-0.05, 0) is 35.4 Å². The Kier molecular flexibility index (Phi) is 6.07. The van der Waals surface area contributed by atoms with Gasteiger partial charge in [0.2, 0.25) is 11.8 Å². The highest BCUT2D eigenvalue weighted by atomic mass is 16.5. The number of para-hydroxylation sites is 1. The van der Waals surface area contributed by atoms with Crippen molar-refractivity contribution >= 4 is 17.8 Å². The minimum Gasteiger partial charge on any atom is -0.480 e. The van der Waals surface area contributed by atoms with Crippen LogP contribution in [0.15, 0.2) is 84.9 Å². The van der Waals surface area contributed by atoms with Crippen LogP contribution in [0.2, 0.25) is 0 Å². The molecule has 0 bridgehead atoms. The number of carboxylic acid groups (broad SMARTS) is 1. The fraction of sp³-hybridized carbons (Fsp3) is 0.222. The van der Waals surface area contributed by atoms with Crippen LogP contribution >= 0.6 is 0 Å². The Morgan fingerprint density at radius 2 is 1.49 bits per heavy atom. The molecule has 2 saturated heterocycles. The van der Waals surface area contributed by atoms with E-state index in [1.807, 2.05) is 60.7 Å². The molecule has 8 nitrogen and oxygen atoms in total. The summed E-state index contributed by atoms with van der Waals surface area (Å²) in [5.41, 5.74) is -0.198. The molecule has 4 atom stereocenters. The Bertz CT molecular complexity index is 1230. The van der Waals surface area contributed by atoms with E-state index in [2.05, 4.69) is 10.6 Å². The average Bonchev–Trinajstić information content (AvgIpc) is 3.37. The Hall–Kier alpha value is -4.01. The molecule has 3 aromatic carbocycles. The van der Waals surface area contributed by atoms with Gasteiger partial charge in [-0.2, -0.15) is 0 Å². The van der Waals surface area contributed by atoms with Crippen molar-refractivity contribution in [1.29, 1.82) is 0 Å². The predicted molar refractivity (Wildman–Crippen MR) is 125 cm³/mol. The van der Waals surface area contributed by atoms with Crippen molar-refractivity contribution in [2.45, 2.75) is 18.2 Å². The lowest BCUT2D eigenvalue weighted by atomic mass is 9.79. The van der Waals surface area contributed by atoms with Gasteiger partial charge in [0, 0.05) is 6.04 Å². The number of benzene rings is 3. The summed E-state index contributed by atoms with van der Waals surface area (Å²) in [5, 5.41) is 15.6. The molecule has 0 spiro atoms. The third-order valence-electron chi connectivity index (χ3n) is 6.53. The van der Waals surface area contributed by atoms with Gasteiger partial charge in [0.05, 0.1) is 25.0 Å². The van der Waals surface area contributed by atoms with Crippen LogP contribution in [0.5, 0.6) is 11.5 Å². The van der Waals surface area contributed by atoms with Gasteiger partial charge in [-0.25, -0.2) is 0 Å². The van der Waals surface area contributed by atoms with E-state index in [1.54, 1.807) is 24.3 Å². The lowest BCUT2D eigenvalue weighted by molar-refractivity contribution is -0.152. The number of fused-ring (bicyclic) bond motifs is 1. The quantitative estimate of drug-likeness (QED) is 0.432. The standard InChI is InChI=1S/C27H24N2O6/c30-24-21-22(25(31)28-24)27(26(32)33,16-34-15-17-7-3-1-4-8-17)29-23(21)18-11-13-20(14-12-18)35-19-9-5-2-6-10-19/h1-14,21-23,29H,15-16H2,(H,32,33)(H,28,30,31). The third-order valence-corrected chi connectivity index (χ3v) is 6.53. The molecule has 8 heteroatoms. The number of aliphatic carboxylic acids is 1. The van der Waals surface area contributed by atoms with Gasteiger partial charge in [-0.1, -0.05) is 60.7 Å². The lowest BCUT2D eigenvalue weighted by Gasteiger charge is -2.29. The molecule has 2 aliphatic rings. The number of hydrogen-bond donors (Lipinski definition) is 3. The zero-order chi connectivity index (χ0) is 24.4. The number of amides is 2. The van der Waals surface area contributed by atoms with Gasteiger partial charge in [-0.15, -0.1) is 0 Å². The van der Waals surface area contributed by atoms with Gasteiger partial charge in [0.1, 0.15) is 11.5 Å². The fourth-order valence-corrected chi connectivity index (χ4v) is 4.88. The first-order valence-corrected chi connectivity index (χ1v) is 11.3. The van der Waals surface area contributed by atoms with Crippen LogP contribution in [0, 0.1) is 11.8 Å². The van der Waals surface area contributed by atoms with Crippen LogP contribution in [-0.2, 0) is 25.7 Å². The summed E-state index contributed by atoms with van der Waals surface area (Å²) < 4.78 is 11.6. The van der Waals surface area contributed by atoms with Crippen LogP contribution < -0.4 is 15.4 Å². The van der Waals surface area contributed by atoms with Crippen LogP contribution in [0.25, 0.3) is 0 Å². The second-order valence-electron chi connectivity index (χ2n) is 8.72. The zero-order valence-electron chi connectivity index (χ0n) is 18.7. The molecule has 5 rings (SSSR count). The maximum atomic E-state index is 12.7. The maximum Gasteiger partial charge on any atom is 0.327 e. The van der Waals surface area contributed by atoms with E-state index in [1.165, 1.54) is 0 Å². The van der Waals surface area contributed by atoms with E-state index in [0.29, 0.717) is 17.1 Å². The van der Waals surface area contributed by atoms with Gasteiger partial charge in [0.25, 0.3) is 0 Å². The molecule has 2 heterocycles. The van der Waals surface area contributed by atoms with Gasteiger partial charge < -0.3 is 14.6 Å². The summed E-state index contributed by atoms with van der Waals surface area (Å²) in [6.45, 7) is -0.0918. The van der Waals surface area contributed by atoms with Gasteiger partial charge >= 0.3 is 5.97 Å². The van der Waals surface area contributed by atoms with Crippen LogP contribution in [-0.4, -0.2) is 35.0 Å². The van der Waals surface area contributed by atoms with Gasteiger partial charge in [0.15, 0.2) is 5.54 Å². The Morgan fingerprint density at radius 1 is 0.857 bits per heavy atom. The Labute approximate surface area is 201 Å². The highest BCUT2D eigenvalue weighted by molar-refractivity contribution is 6.09. The van der Waals surface area contributed by atoms with Crippen LogP contribution in [0.1, 0.15) is 17.2 Å². The van der Waals surface area contributed by atoms with Crippen molar-refractivity contribution in [3.8, 4) is 11.5 Å². The first-order valence-electron chi connectivity index (χ1n) is 11.3. The largest absolute Gasteiger partial charge is 0.480 e. The molecule has 2 fully saturated rings. The molecule has 0 aromatic heterocycles. The molecular weight excluding hydrogens is 448 g/mol. The number of ether oxygens (including phenoxy) is 2. The first kappa shape index (κ1) is 22.8. The number of hydrogen-bond acceptors (Lipinski definition) is 6. The van der Waals surface area contributed by atoms with Crippen molar-refractivity contribution < 1.29 is 29.0 Å². The normalized spacial score (nSPS) is 25.2. The van der Waals surface area contributed by atoms with Crippen LogP contribution in [0.4, 0.5) is 0 Å². The van der Waals surface area contributed by atoms with Crippen molar-refractivity contribution in [2.24, 2.45) is 11.8 Å². The smallest absolute Gasteiger partial charge is 0.327 e. The lowest BCUT2D eigenvalue weighted by Crippen LogP contribution is -2.58. The summed E-state index contributed by atoms with van der Waals surface area (Å²) in [4.78, 5) is 38.0. The minimum absolute atomic E-state index is 0.181. The third kappa shape index (κ3) is 4.29. The summed E-state index contributed by atoms with van der Waals surface area (Å²) in [6.07, 6.45) is 0. The van der Waals surface area contributed by atoms with Crippen molar-refractivity contribution in [3.05, 3.63) is 96.1 Å². The molecule has 0 saturated carbocycles. The topological polar surface area (TPSA) is 114 Å². The summed E-state index contributed by atoms with van der Waals surface area (Å²) in [6, 6.07) is 25.0. The Morgan fingerprint density at radius 3 is 2.14 bits per heavy atom. The van der Waals surface area contributed by atoms with Gasteiger partial charge in [-0.3, -0.25) is 25.0 Å². The summed E-state index contributed by atoms with van der Waals surface area (Å²) in [7, 11) is 0. The molecule has 2 aliphatic heterocycles. The van der Waals surface area contributed by atoms with Crippen molar-refractivity contribution in [3.63, 3.8) is 0 Å². The number of carbonyl (C=O) groups is 3. The molecule has 3 N–H and O–H groups in total. The van der Waals surface area contributed by atoms with E-state index in [0.717, 1.165) is 5.56 Å². The molecule has 2 amide bonds. The molecule has 0 aliphatic carbocycles. The summed E-state index contributed by atoms with van der Waals surface area (Å²) in [5.74, 6) is -3.04. The van der Waals surface area contributed by atoms with E-state index in [4.69, 9.17) is 9.47 Å². The first-order chi connectivity index (χ1) is 17.0. The molecule has 35 heavy (non-hydrogen) atoms. The molecule has 4 unspecified atom stereocenters. The highest BCUT2D eigenvalue weighted by Gasteiger charge is 2.66. The number of carbonyl (C=O) groups excluding carboxylic acids is 2. The molecule has 0 radical (unpaired) electrons. The Balaban J connectivity index is 1.40. The zero-order valence-corrected chi connectivity index (χ0v) is 18.7.